The predicted molar refractivity (Wildman–Crippen MR) is 62.8 cm³/mol. The van der Waals surface area contributed by atoms with Crippen LogP contribution in [0.25, 0.3) is 0 Å². The fourth-order valence-corrected chi connectivity index (χ4v) is 1.31. The van der Waals surface area contributed by atoms with E-state index in [2.05, 4.69) is 5.16 Å². The van der Waals surface area contributed by atoms with E-state index in [1.807, 2.05) is 19.1 Å². The average molecular weight is 223 g/mol. The van der Waals surface area contributed by atoms with Crippen molar-refractivity contribution in [3.05, 3.63) is 23.8 Å². The normalized spacial score (nSPS) is 11.3. The van der Waals surface area contributed by atoms with Crippen LogP contribution >= 0.6 is 0 Å². The van der Waals surface area contributed by atoms with Crippen LogP contribution in [0, 0.1) is 0 Å². The molecule has 88 valence electrons. The summed E-state index contributed by atoms with van der Waals surface area (Å²) in [6.45, 7) is 4.38. The third-order valence-corrected chi connectivity index (χ3v) is 2.19. The van der Waals surface area contributed by atoms with Gasteiger partial charge in [0.25, 0.3) is 0 Å². The molecular formula is C12H17NO3. The van der Waals surface area contributed by atoms with Gasteiger partial charge in [0.15, 0.2) is 0 Å². The summed E-state index contributed by atoms with van der Waals surface area (Å²) in [4.78, 5) is 0. The van der Waals surface area contributed by atoms with Gasteiger partial charge >= 0.3 is 0 Å². The molecule has 0 amide bonds. The summed E-state index contributed by atoms with van der Waals surface area (Å²) in [7, 11) is 1.60. The summed E-state index contributed by atoms with van der Waals surface area (Å²) < 4.78 is 10.7. The predicted octanol–water partition coefficient (Wildman–Crippen LogP) is 2.68. The first kappa shape index (κ1) is 12.4. The number of rotatable bonds is 5. The highest BCUT2D eigenvalue weighted by atomic mass is 16.5. The second kappa shape index (κ2) is 6.00. The minimum absolute atomic E-state index is 0.522. The Labute approximate surface area is 95.5 Å². The molecule has 16 heavy (non-hydrogen) atoms. The summed E-state index contributed by atoms with van der Waals surface area (Å²) in [6.07, 6.45) is 0.923. The fourth-order valence-electron chi connectivity index (χ4n) is 1.31. The molecule has 4 nitrogen and oxygen atoms in total. The molecule has 0 saturated heterocycles. The fraction of sp³-hybridized carbons (Fsp3) is 0.417. The first-order valence-corrected chi connectivity index (χ1v) is 5.22. The molecule has 0 aliphatic carbocycles. The number of oxime groups is 1. The van der Waals surface area contributed by atoms with Gasteiger partial charge in [0, 0.05) is 11.6 Å². The summed E-state index contributed by atoms with van der Waals surface area (Å²) in [5.41, 5.74) is 1.30. The maximum Gasteiger partial charge on any atom is 0.132 e. The Balaban J connectivity index is 3.06. The third-order valence-electron chi connectivity index (χ3n) is 2.19. The van der Waals surface area contributed by atoms with Crippen molar-refractivity contribution in [2.45, 2.75) is 20.3 Å². The molecule has 0 atom stereocenters. The smallest absolute Gasteiger partial charge is 0.132 e. The lowest BCUT2D eigenvalue weighted by Gasteiger charge is -2.11. The lowest BCUT2D eigenvalue weighted by atomic mass is 10.1. The zero-order chi connectivity index (χ0) is 12.0. The average Bonchev–Trinajstić information content (AvgIpc) is 2.34. The highest BCUT2D eigenvalue weighted by Crippen LogP contribution is 2.25. The largest absolute Gasteiger partial charge is 0.497 e. The van der Waals surface area contributed by atoms with Crippen LogP contribution in [0.4, 0.5) is 0 Å². The number of nitrogens with zero attached hydrogens (tertiary/aromatic N) is 1. The van der Waals surface area contributed by atoms with Gasteiger partial charge in [-0.15, -0.1) is 0 Å². The lowest BCUT2D eigenvalue weighted by Crippen LogP contribution is -2.03. The van der Waals surface area contributed by atoms with E-state index in [1.54, 1.807) is 20.1 Å². The molecule has 1 aromatic carbocycles. The summed E-state index contributed by atoms with van der Waals surface area (Å²) in [5.74, 6) is 1.40. The quantitative estimate of drug-likeness (QED) is 0.474. The van der Waals surface area contributed by atoms with Crippen LogP contribution in [-0.2, 0) is 0 Å². The van der Waals surface area contributed by atoms with Crippen molar-refractivity contribution in [2.75, 3.05) is 13.7 Å². The van der Waals surface area contributed by atoms with Crippen LogP contribution in [0.5, 0.6) is 11.5 Å². The Kier molecular flexibility index (Phi) is 4.64. The number of hydrogen-bond donors (Lipinski definition) is 1. The maximum absolute atomic E-state index is 8.77. The molecule has 0 heterocycles. The van der Waals surface area contributed by atoms with Crippen LogP contribution < -0.4 is 9.47 Å². The third kappa shape index (κ3) is 2.89. The number of methoxy groups -OCH3 is 1. The van der Waals surface area contributed by atoms with Gasteiger partial charge in [-0.3, -0.25) is 0 Å². The minimum Gasteiger partial charge on any atom is -0.497 e. The molecule has 0 spiro atoms. The van der Waals surface area contributed by atoms with Gasteiger partial charge in [-0.2, -0.15) is 0 Å². The Morgan fingerprint density at radius 3 is 2.75 bits per heavy atom. The van der Waals surface area contributed by atoms with E-state index in [0.29, 0.717) is 18.1 Å². The highest BCUT2D eigenvalue weighted by molar-refractivity contribution is 6.00. The molecule has 1 N–H and O–H groups in total. The molecular weight excluding hydrogens is 206 g/mol. The second-order valence-corrected chi connectivity index (χ2v) is 3.40. The van der Waals surface area contributed by atoms with Crippen LogP contribution in [0.1, 0.15) is 25.8 Å². The van der Waals surface area contributed by atoms with E-state index in [4.69, 9.17) is 14.7 Å². The molecule has 0 radical (unpaired) electrons. The number of hydrogen-bond acceptors (Lipinski definition) is 4. The van der Waals surface area contributed by atoms with Crippen molar-refractivity contribution in [2.24, 2.45) is 5.16 Å². The zero-order valence-electron chi connectivity index (χ0n) is 9.86. The molecule has 0 unspecified atom stereocenters. The van der Waals surface area contributed by atoms with Crippen molar-refractivity contribution in [1.82, 2.24) is 0 Å². The van der Waals surface area contributed by atoms with E-state index in [1.165, 1.54) is 0 Å². The summed E-state index contributed by atoms with van der Waals surface area (Å²) in [6, 6.07) is 5.42. The lowest BCUT2D eigenvalue weighted by molar-refractivity contribution is 0.310. The molecule has 4 heteroatoms. The van der Waals surface area contributed by atoms with Gasteiger partial charge < -0.3 is 14.7 Å². The first-order chi connectivity index (χ1) is 7.72. The molecule has 1 aromatic rings. The van der Waals surface area contributed by atoms with Gasteiger partial charge in [0.1, 0.15) is 11.5 Å². The van der Waals surface area contributed by atoms with Gasteiger partial charge in [0.2, 0.25) is 0 Å². The Bertz CT molecular complexity index is 375. The van der Waals surface area contributed by atoms with Crippen molar-refractivity contribution in [3.8, 4) is 11.5 Å². The molecule has 0 saturated carbocycles. The van der Waals surface area contributed by atoms with E-state index in [-0.39, 0.29) is 0 Å². The standard InChI is InChI=1S/C12H17NO3/c1-4-7-16-12-8-10(15-3)5-6-11(12)9(2)13-14/h5-6,8,14H,4,7H2,1-3H3/b13-9+. The summed E-state index contributed by atoms with van der Waals surface area (Å²) in [5, 5.41) is 11.9. The van der Waals surface area contributed by atoms with E-state index in [0.717, 1.165) is 17.7 Å². The minimum atomic E-state index is 0.522. The van der Waals surface area contributed by atoms with Crippen molar-refractivity contribution >= 4 is 5.71 Å². The Morgan fingerprint density at radius 2 is 2.19 bits per heavy atom. The number of ether oxygens (including phenoxy) is 2. The maximum atomic E-state index is 8.77. The van der Waals surface area contributed by atoms with Crippen molar-refractivity contribution in [1.29, 1.82) is 0 Å². The molecule has 1 rings (SSSR count). The van der Waals surface area contributed by atoms with Gasteiger partial charge in [-0.05, 0) is 25.5 Å². The molecule has 0 fully saturated rings. The van der Waals surface area contributed by atoms with Crippen LogP contribution in [-0.4, -0.2) is 24.6 Å². The van der Waals surface area contributed by atoms with Gasteiger partial charge in [-0.1, -0.05) is 12.1 Å². The Hall–Kier alpha value is -1.71. The second-order valence-electron chi connectivity index (χ2n) is 3.40. The van der Waals surface area contributed by atoms with Crippen molar-refractivity contribution in [3.63, 3.8) is 0 Å². The van der Waals surface area contributed by atoms with Gasteiger partial charge in [0.05, 0.1) is 19.4 Å². The Morgan fingerprint density at radius 1 is 1.44 bits per heavy atom. The van der Waals surface area contributed by atoms with Crippen LogP contribution in [0.3, 0.4) is 0 Å². The monoisotopic (exact) mass is 223 g/mol. The van der Waals surface area contributed by atoms with E-state index in [9.17, 15) is 0 Å². The van der Waals surface area contributed by atoms with Gasteiger partial charge in [-0.25, -0.2) is 0 Å². The summed E-state index contributed by atoms with van der Waals surface area (Å²) >= 11 is 0. The number of benzene rings is 1. The molecule has 0 bridgehead atoms. The SMILES string of the molecule is CCCOc1cc(OC)ccc1/C(C)=N/O. The van der Waals surface area contributed by atoms with E-state index < -0.39 is 0 Å². The zero-order valence-corrected chi connectivity index (χ0v) is 9.86. The van der Waals surface area contributed by atoms with Crippen LogP contribution in [0.15, 0.2) is 23.4 Å². The molecule has 0 aliphatic heterocycles. The molecule has 0 aromatic heterocycles. The molecule has 0 aliphatic rings. The first-order valence-electron chi connectivity index (χ1n) is 5.22. The van der Waals surface area contributed by atoms with Crippen molar-refractivity contribution < 1.29 is 14.7 Å². The topological polar surface area (TPSA) is 51.0 Å². The highest BCUT2D eigenvalue weighted by Gasteiger charge is 2.08. The van der Waals surface area contributed by atoms with E-state index >= 15 is 0 Å². The van der Waals surface area contributed by atoms with Crippen LogP contribution in [0.2, 0.25) is 0 Å².